The number of ether oxygens (including phenoxy) is 1. The molecule has 2 N–H and O–H groups in total. The van der Waals surface area contributed by atoms with E-state index in [2.05, 4.69) is 45.6 Å². The fraction of sp³-hybridized carbons (Fsp3) is 0.318. The Morgan fingerprint density at radius 1 is 1.17 bits per heavy atom. The minimum absolute atomic E-state index is 0.0714. The van der Waals surface area contributed by atoms with E-state index >= 15 is 0 Å². The molecule has 0 aliphatic rings. The van der Waals surface area contributed by atoms with E-state index in [0.717, 1.165) is 23.3 Å². The quantitative estimate of drug-likeness (QED) is 0.413. The Balaban J connectivity index is 1.39. The molecular formula is C22H26N4O2S. The highest BCUT2D eigenvalue weighted by Crippen LogP contribution is 2.20. The van der Waals surface area contributed by atoms with Gasteiger partial charge in [0.25, 0.3) is 0 Å². The summed E-state index contributed by atoms with van der Waals surface area (Å²) in [5.74, 6) is 1.74. The van der Waals surface area contributed by atoms with E-state index < -0.39 is 0 Å². The molecule has 1 heterocycles. The SMILES string of the molecule is CCc1ccc(-c2nc(SCC(=O)NCCOc3ccc(C)cc3C)n[nH]2)cc1. The number of thioether (sulfide) groups is 1. The molecule has 0 aliphatic heterocycles. The Kier molecular flexibility index (Phi) is 7.30. The summed E-state index contributed by atoms with van der Waals surface area (Å²) in [4.78, 5) is 16.5. The number of hydrogen-bond donors (Lipinski definition) is 2. The van der Waals surface area contributed by atoms with E-state index in [-0.39, 0.29) is 11.7 Å². The van der Waals surface area contributed by atoms with Crippen molar-refractivity contribution in [2.45, 2.75) is 32.3 Å². The van der Waals surface area contributed by atoms with Gasteiger partial charge in [0, 0.05) is 5.56 Å². The van der Waals surface area contributed by atoms with Crippen LogP contribution in [-0.4, -0.2) is 40.0 Å². The average Bonchev–Trinajstić information content (AvgIpc) is 3.20. The first-order valence-electron chi connectivity index (χ1n) is 9.66. The van der Waals surface area contributed by atoms with E-state index in [4.69, 9.17) is 4.74 Å². The summed E-state index contributed by atoms with van der Waals surface area (Å²) < 4.78 is 5.72. The molecule has 0 unspecified atom stereocenters. The van der Waals surface area contributed by atoms with Gasteiger partial charge in [0.1, 0.15) is 12.4 Å². The highest BCUT2D eigenvalue weighted by Gasteiger charge is 2.09. The Labute approximate surface area is 175 Å². The van der Waals surface area contributed by atoms with Crippen molar-refractivity contribution in [2.75, 3.05) is 18.9 Å². The predicted molar refractivity (Wildman–Crippen MR) is 116 cm³/mol. The Morgan fingerprint density at radius 2 is 1.97 bits per heavy atom. The first-order chi connectivity index (χ1) is 14.0. The first kappa shape index (κ1) is 20.9. The second kappa shape index (κ2) is 10.1. The van der Waals surface area contributed by atoms with E-state index in [1.165, 1.54) is 22.9 Å². The third kappa shape index (κ3) is 6.09. The van der Waals surface area contributed by atoms with Gasteiger partial charge in [0.15, 0.2) is 5.82 Å². The molecule has 0 fully saturated rings. The molecule has 29 heavy (non-hydrogen) atoms. The van der Waals surface area contributed by atoms with Crippen LogP contribution >= 0.6 is 11.8 Å². The summed E-state index contributed by atoms with van der Waals surface area (Å²) in [6.07, 6.45) is 1.00. The highest BCUT2D eigenvalue weighted by atomic mass is 32.2. The molecule has 1 amide bonds. The molecule has 3 rings (SSSR count). The van der Waals surface area contributed by atoms with Gasteiger partial charge in [0.05, 0.1) is 12.3 Å². The molecule has 1 aromatic heterocycles. The zero-order valence-corrected chi connectivity index (χ0v) is 17.8. The lowest BCUT2D eigenvalue weighted by atomic mass is 10.1. The molecule has 6 nitrogen and oxygen atoms in total. The van der Waals surface area contributed by atoms with E-state index in [1.807, 2.05) is 38.1 Å². The number of amides is 1. The van der Waals surface area contributed by atoms with E-state index in [1.54, 1.807) is 0 Å². The Hall–Kier alpha value is -2.80. The van der Waals surface area contributed by atoms with Gasteiger partial charge in [-0.1, -0.05) is 60.6 Å². The predicted octanol–water partition coefficient (Wildman–Crippen LogP) is 3.94. The maximum Gasteiger partial charge on any atom is 0.230 e. The van der Waals surface area contributed by atoms with Gasteiger partial charge in [0.2, 0.25) is 11.1 Å². The number of hydrogen-bond acceptors (Lipinski definition) is 5. The lowest BCUT2D eigenvalue weighted by Crippen LogP contribution is -2.29. The zero-order chi connectivity index (χ0) is 20.6. The Morgan fingerprint density at radius 3 is 2.69 bits per heavy atom. The van der Waals surface area contributed by atoms with Crippen molar-refractivity contribution >= 4 is 17.7 Å². The largest absolute Gasteiger partial charge is 0.491 e. The van der Waals surface area contributed by atoms with E-state index in [0.29, 0.717) is 24.1 Å². The standard InChI is InChI=1S/C22H26N4O2S/c1-4-17-6-8-18(9-7-17)21-24-22(26-25-21)29-14-20(27)23-11-12-28-19-10-5-15(2)13-16(19)3/h5-10,13H,4,11-12,14H2,1-3H3,(H,23,27)(H,24,25,26). The molecule has 2 aromatic carbocycles. The molecule has 0 atom stereocenters. The van der Waals surface area contributed by atoms with Crippen LogP contribution in [0, 0.1) is 13.8 Å². The lowest BCUT2D eigenvalue weighted by Gasteiger charge is -2.10. The van der Waals surface area contributed by atoms with E-state index in [9.17, 15) is 4.79 Å². The summed E-state index contributed by atoms with van der Waals surface area (Å²) in [5.41, 5.74) is 4.56. The first-order valence-corrected chi connectivity index (χ1v) is 10.6. The normalized spacial score (nSPS) is 10.7. The van der Waals surface area contributed by atoms with Crippen LogP contribution in [0.5, 0.6) is 5.75 Å². The number of rotatable bonds is 9. The number of H-pyrrole nitrogens is 1. The van der Waals surface area contributed by atoms with Gasteiger partial charge in [-0.25, -0.2) is 4.98 Å². The smallest absolute Gasteiger partial charge is 0.230 e. The van der Waals surface area contributed by atoms with Gasteiger partial charge in [-0.3, -0.25) is 9.89 Å². The molecule has 7 heteroatoms. The minimum Gasteiger partial charge on any atom is -0.491 e. The van der Waals surface area contributed by atoms with Crippen molar-refractivity contribution in [2.24, 2.45) is 0 Å². The monoisotopic (exact) mass is 410 g/mol. The van der Waals surface area contributed by atoms with Gasteiger partial charge >= 0.3 is 0 Å². The van der Waals surface area contributed by atoms with Crippen LogP contribution in [0.2, 0.25) is 0 Å². The topological polar surface area (TPSA) is 79.9 Å². The van der Waals surface area contributed by atoms with Crippen molar-refractivity contribution < 1.29 is 9.53 Å². The van der Waals surface area contributed by atoms with Crippen LogP contribution in [0.15, 0.2) is 47.6 Å². The molecule has 0 saturated carbocycles. The third-order valence-electron chi connectivity index (χ3n) is 4.45. The maximum atomic E-state index is 12.0. The van der Waals surface area contributed by atoms with Gasteiger partial charge < -0.3 is 10.1 Å². The molecule has 3 aromatic rings. The molecule has 152 valence electrons. The van der Waals surface area contributed by atoms with Gasteiger partial charge in [-0.2, -0.15) is 0 Å². The highest BCUT2D eigenvalue weighted by molar-refractivity contribution is 7.99. The van der Waals surface area contributed by atoms with Gasteiger partial charge in [-0.05, 0) is 37.5 Å². The summed E-state index contributed by atoms with van der Waals surface area (Å²) in [6.45, 7) is 7.07. The van der Waals surface area contributed by atoms with Crippen LogP contribution in [0.4, 0.5) is 0 Å². The van der Waals surface area contributed by atoms with Crippen molar-refractivity contribution in [1.82, 2.24) is 20.5 Å². The van der Waals surface area contributed by atoms with Crippen molar-refractivity contribution in [3.05, 3.63) is 59.2 Å². The average molecular weight is 411 g/mol. The van der Waals surface area contributed by atoms with Crippen molar-refractivity contribution in [3.8, 4) is 17.1 Å². The van der Waals surface area contributed by atoms with Crippen molar-refractivity contribution in [1.29, 1.82) is 0 Å². The summed E-state index contributed by atoms with van der Waals surface area (Å²) in [6, 6.07) is 14.3. The number of nitrogens with zero attached hydrogens (tertiary/aromatic N) is 2. The summed E-state index contributed by atoms with van der Waals surface area (Å²) in [5, 5.41) is 10.5. The molecule has 0 saturated heterocycles. The van der Waals surface area contributed by atoms with Crippen LogP contribution in [-0.2, 0) is 11.2 Å². The summed E-state index contributed by atoms with van der Waals surface area (Å²) >= 11 is 1.30. The number of carbonyl (C=O) groups is 1. The lowest BCUT2D eigenvalue weighted by molar-refractivity contribution is -0.118. The van der Waals surface area contributed by atoms with Crippen LogP contribution in [0.3, 0.4) is 0 Å². The maximum absolute atomic E-state index is 12.0. The number of aromatic nitrogens is 3. The number of benzene rings is 2. The molecule has 0 spiro atoms. The summed E-state index contributed by atoms with van der Waals surface area (Å²) in [7, 11) is 0. The second-order valence-corrected chi connectivity index (χ2v) is 7.72. The zero-order valence-electron chi connectivity index (χ0n) is 17.0. The number of carbonyl (C=O) groups excluding carboxylic acids is 1. The van der Waals surface area contributed by atoms with Crippen molar-refractivity contribution in [3.63, 3.8) is 0 Å². The third-order valence-corrected chi connectivity index (χ3v) is 5.29. The van der Waals surface area contributed by atoms with Gasteiger partial charge in [-0.15, -0.1) is 5.10 Å². The fourth-order valence-electron chi connectivity index (χ4n) is 2.83. The Bertz CT molecular complexity index is 954. The molecule has 0 aliphatic carbocycles. The second-order valence-electron chi connectivity index (χ2n) is 6.77. The van der Waals surface area contributed by atoms with Crippen LogP contribution in [0.25, 0.3) is 11.4 Å². The van der Waals surface area contributed by atoms with Crippen LogP contribution < -0.4 is 10.1 Å². The van der Waals surface area contributed by atoms with Crippen LogP contribution in [0.1, 0.15) is 23.6 Å². The fourth-order valence-corrected chi connectivity index (χ4v) is 3.46. The number of nitrogens with one attached hydrogen (secondary N) is 2. The molecule has 0 radical (unpaired) electrons. The molecule has 0 bridgehead atoms. The number of aromatic amines is 1. The number of aryl methyl sites for hydroxylation is 3. The molecular weight excluding hydrogens is 384 g/mol. The minimum atomic E-state index is -0.0714.